The first-order valence-electron chi connectivity index (χ1n) is 7.11. The van der Waals surface area contributed by atoms with Crippen molar-refractivity contribution >= 4 is 11.8 Å². The normalized spacial score (nSPS) is 12.1. The third kappa shape index (κ3) is 3.14. The third-order valence-electron chi connectivity index (χ3n) is 3.45. The number of aromatic nitrogens is 4. The zero-order valence-corrected chi connectivity index (χ0v) is 13.7. The number of thioether (sulfide) groups is 1. The number of nitrogen functional groups attached to an aromatic ring is 1. The molecule has 0 unspecified atom stereocenters. The standard InChI is InChI=1S/C16H17N5OS/c1-11(12-6-5-9-18-10-12)23-16-20-19-15(21(16)17)13-7-3-4-8-14(13)22-2/h3-11H,17H2,1-2H3/t11-/m0/s1. The van der Waals surface area contributed by atoms with Crippen molar-refractivity contribution in [1.82, 2.24) is 19.9 Å². The molecule has 2 aromatic heterocycles. The zero-order chi connectivity index (χ0) is 16.2. The molecule has 6 nitrogen and oxygen atoms in total. The molecule has 3 rings (SSSR count). The maximum atomic E-state index is 6.18. The van der Waals surface area contributed by atoms with Crippen LogP contribution in [0.2, 0.25) is 0 Å². The van der Waals surface area contributed by atoms with Crippen LogP contribution in [-0.2, 0) is 0 Å². The number of ether oxygens (including phenoxy) is 1. The van der Waals surface area contributed by atoms with Crippen molar-refractivity contribution in [3.8, 4) is 17.1 Å². The second kappa shape index (κ2) is 6.70. The molecule has 7 heteroatoms. The Labute approximate surface area is 138 Å². The van der Waals surface area contributed by atoms with Crippen LogP contribution in [0.5, 0.6) is 5.75 Å². The van der Waals surface area contributed by atoms with Gasteiger partial charge in [-0.15, -0.1) is 10.2 Å². The van der Waals surface area contributed by atoms with Gasteiger partial charge < -0.3 is 10.6 Å². The molecule has 118 valence electrons. The minimum atomic E-state index is 0.167. The van der Waals surface area contributed by atoms with Crippen molar-refractivity contribution in [3.63, 3.8) is 0 Å². The van der Waals surface area contributed by atoms with Crippen LogP contribution in [0.15, 0.2) is 53.9 Å². The summed E-state index contributed by atoms with van der Waals surface area (Å²) in [6.07, 6.45) is 3.60. The largest absolute Gasteiger partial charge is 0.496 e. The van der Waals surface area contributed by atoms with Gasteiger partial charge in [0.25, 0.3) is 0 Å². The Bertz CT molecular complexity index is 790. The van der Waals surface area contributed by atoms with Crippen molar-refractivity contribution in [3.05, 3.63) is 54.4 Å². The summed E-state index contributed by atoms with van der Waals surface area (Å²) in [6, 6.07) is 11.5. The van der Waals surface area contributed by atoms with Gasteiger partial charge in [-0.05, 0) is 30.7 Å². The summed E-state index contributed by atoms with van der Waals surface area (Å²) in [5.74, 6) is 7.47. The Morgan fingerprint density at radius 2 is 2.00 bits per heavy atom. The molecule has 2 heterocycles. The average molecular weight is 327 g/mol. The third-order valence-corrected chi connectivity index (χ3v) is 4.56. The van der Waals surface area contributed by atoms with Crippen LogP contribution in [0.25, 0.3) is 11.4 Å². The zero-order valence-electron chi connectivity index (χ0n) is 12.9. The van der Waals surface area contributed by atoms with Gasteiger partial charge in [-0.2, -0.15) is 0 Å². The molecule has 0 saturated heterocycles. The van der Waals surface area contributed by atoms with Crippen LogP contribution in [0, 0.1) is 0 Å². The molecule has 0 aliphatic rings. The summed E-state index contributed by atoms with van der Waals surface area (Å²) in [4.78, 5) is 4.14. The lowest BCUT2D eigenvalue weighted by Gasteiger charge is -2.11. The highest BCUT2D eigenvalue weighted by Gasteiger charge is 2.18. The van der Waals surface area contributed by atoms with Crippen LogP contribution in [0.3, 0.4) is 0 Å². The van der Waals surface area contributed by atoms with E-state index in [0.29, 0.717) is 16.7 Å². The van der Waals surface area contributed by atoms with E-state index in [1.54, 1.807) is 13.3 Å². The molecule has 2 N–H and O–H groups in total. The van der Waals surface area contributed by atoms with Gasteiger partial charge >= 0.3 is 0 Å². The lowest BCUT2D eigenvalue weighted by molar-refractivity contribution is 0.416. The van der Waals surface area contributed by atoms with E-state index in [2.05, 4.69) is 22.1 Å². The molecule has 0 saturated carbocycles. The second-order valence-corrected chi connectivity index (χ2v) is 6.23. The number of benzene rings is 1. The number of rotatable bonds is 5. The molecule has 1 aromatic carbocycles. The molecule has 23 heavy (non-hydrogen) atoms. The molecule has 0 fully saturated rings. The molecule has 0 amide bonds. The second-order valence-electron chi connectivity index (χ2n) is 4.92. The van der Waals surface area contributed by atoms with Gasteiger partial charge in [-0.3, -0.25) is 4.98 Å². The first-order chi connectivity index (χ1) is 11.2. The number of methoxy groups -OCH3 is 1. The summed E-state index contributed by atoms with van der Waals surface area (Å²) in [6.45, 7) is 2.08. The van der Waals surface area contributed by atoms with Gasteiger partial charge in [0.1, 0.15) is 5.75 Å². The molecule has 0 radical (unpaired) electrons. The SMILES string of the molecule is COc1ccccc1-c1nnc(S[C@@H](C)c2cccnc2)n1N. The minimum absolute atomic E-state index is 0.167. The quantitative estimate of drug-likeness (QED) is 0.573. The van der Waals surface area contributed by atoms with Gasteiger partial charge in [-0.1, -0.05) is 30.0 Å². The Morgan fingerprint density at radius 3 is 2.74 bits per heavy atom. The lowest BCUT2D eigenvalue weighted by Crippen LogP contribution is -2.12. The predicted octanol–water partition coefficient (Wildman–Crippen LogP) is 2.92. The van der Waals surface area contributed by atoms with Crippen LogP contribution >= 0.6 is 11.8 Å². The van der Waals surface area contributed by atoms with Crippen LogP contribution in [0.4, 0.5) is 0 Å². The van der Waals surface area contributed by atoms with Crippen molar-refractivity contribution in [2.75, 3.05) is 13.0 Å². The highest BCUT2D eigenvalue weighted by molar-refractivity contribution is 7.99. The monoisotopic (exact) mass is 327 g/mol. The lowest BCUT2D eigenvalue weighted by atomic mass is 10.2. The first kappa shape index (κ1) is 15.4. The maximum absolute atomic E-state index is 6.18. The smallest absolute Gasteiger partial charge is 0.210 e. The Balaban J connectivity index is 1.88. The van der Waals surface area contributed by atoms with Gasteiger partial charge in [0.15, 0.2) is 5.82 Å². The number of pyridine rings is 1. The van der Waals surface area contributed by atoms with E-state index in [-0.39, 0.29) is 5.25 Å². The minimum Gasteiger partial charge on any atom is -0.496 e. The molecule has 0 bridgehead atoms. The number of nitrogens with zero attached hydrogens (tertiary/aromatic N) is 4. The van der Waals surface area contributed by atoms with Gasteiger partial charge in [0, 0.05) is 17.6 Å². The Hall–Kier alpha value is -2.54. The molecular formula is C16H17N5OS. The van der Waals surface area contributed by atoms with E-state index in [9.17, 15) is 0 Å². The van der Waals surface area contributed by atoms with Crippen LogP contribution in [-0.4, -0.2) is 27.0 Å². The van der Waals surface area contributed by atoms with Gasteiger partial charge in [0.2, 0.25) is 5.16 Å². The van der Waals surface area contributed by atoms with Crippen molar-refractivity contribution in [2.24, 2.45) is 0 Å². The molecule has 0 spiro atoms. The highest BCUT2D eigenvalue weighted by Crippen LogP contribution is 2.35. The van der Waals surface area contributed by atoms with E-state index in [0.717, 1.165) is 11.1 Å². The predicted molar refractivity (Wildman–Crippen MR) is 90.7 cm³/mol. The van der Waals surface area contributed by atoms with E-state index < -0.39 is 0 Å². The number of nitrogens with two attached hydrogens (primary N) is 1. The molecule has 0 aliphatic carbocycles. The molecule has 0 aliphatic heterocycles. The highest BCUT2D eigenvalue weighted by atomic mass is 32.2. The summed E-state index contributed by atoms with van der Waals surface area (Å²) in [5.41, 5.74) is 1.92. The van der Waals surface area contributed by atoms with Crippen molar-refractivity contribution in [1.29, 1.82) is 0 Å². The summed E-state index contributed by atoms with van der Waals surface area (Å²) >= 11 is 1.54. The number of hydrogen-bond acceptors (Lipinski definition) is 6. The number of para-hydroxylation sites is 1. The van der Waals surface area contributed by atoms with E-state index in [1.807, 2.05) is 42.6 Å². The first-order valence-corrected chi connectivity index (χ1v) is 7.99. The van der Waals surface area contributed by atoms with Crippen molar-refractivity contribution < 1.29 is 4.74 Å². The maximum Gasteiger partial charge on any atom is 0.210 e. The van der Waals surface area contributed by atoms with Gasteiger partial charge in [-0.25, -0.2) is 4.68 Å². The van der Waals surface area contributed by atoms with E-state index >= 15 is 0 Å². The molecule has 1 atom stereocenters. The number of hydrogen-bond donors (Lipinski definition) is 1. The van der Waals surface area contributed by atoms with Crippen molar-refractivity contribution in [2.45, 2.75) is 17.3 Å². The van der Waals surface area contributed by atoms with Gasteiger partial charge in [0.05, 0.1) is 12.7 Å². The molecule has 3 aromatic rings. The summed E-state index contributed by atoms with van der Waals surface area (Å²) in [7, 11) is 1.62. The van der Waals surface area contributed by atoms with E-state index in [1.165, 1.54) is 16.4 Å². The summed E-state index contributed by atoms with van der Waals surface area (Å²) in [5, 5.41) is 9.23. The fourth-order valence-electron chi connectivity index (χ4n) is 2.21. The van der Waals surface area contributed by atoms with E-state index in [4.69, 9.17) is 10.6 Å². The Morgan fingerprint density at radius 1 is 1.17 bits per heavy atom. The molecular weight excluding hydrogens is 310 g/mol. The Kier molecular flexibility index (Phi) is 4.47. The fourth-order valence-corrected chi connectivity index (χ4v) is 3.09. The summed E-state index contributed by atoms with van der Waals surface area (Å²) < 4.78 is 6.86. The average Bonchev–Trinajstić information content (AvgIpc) is 2.96. The fraction of sp³-hybridized carbons (Fsp3) is 0.188. The topological polar surface area (TPSA) is 78.9 Å². The van der Waals surface area contributed by atoms with Crippen LogP contribution < -0.4 is 10.6 Å². The van der Waals surface area contributed by atoms with Crippen LogP contribution in [0.1, 0.15) is 17.7 Å².